The molecule has 0 unspecified atom stereocenters. The van der Waals surface area contributed by atoms with Gasteiger partial charge < -0.3 is 25.4 Å². The van der Waals surface area contributed by atoms with Crippen LogP contribution in [0.15, 0.2) is 84.0 Å². The molecule has 2 fully saturated rings. The highest BCUT2D eigenvalue weighted by atomic mass is 32.1. The number of pyridine rings is 1. The quantitative estimate of drug-likeness (QED) is 0.175. The Kier molecular flexibility index (Phi) is 10.8. The van der Waals surface area contributed by atoms with Gasteiger partial charge in [-0.25, -0.2) is 23.1 Å². The number of carbonyl (C=O) groups excluding carboxylic acids is 2. The number of benzene rings is 2. The van der Waals surface area contributed by atoms with Gasteiger partial charge in [0.2, 0.25) is 11.8 Å². The highest BCUT2D eigenvalue weighted by molar-refractivity contribution is 7.17. The number of nitrogens with two attached hydrogens (primary N) is 1. The van der Waals surface area contributed by atoms with Crippen LogP contribution in [0.1, 0.15) is 45.4 Å². The molecule has 0 aliphatic carbocycles. The summed E-state index contributed by atoms with van der Waals surface area (Å²) < 4.78 is 90.6. The molecular formula is C39H35F6N7O5S. The molecule has 3 atom stereocenters. The van der Waals surface area contributed by atoms with E-state index in [0.717, 1.165) is 51.5 Å². The summed E-state index contributed by atoms with van der Waals surface area (Å²) in [6.45, 7) is -0.546. The van der Waals surface area contributed by atoms with E-state index in [4.69, 9.17) is 10.5 Å². The maximum absolute atomic E-state index is 16.0. The summed E-state index contributed by atoms with van der Waals surface area (Å²) in [5.74, 6) is -7.03. The topological polar surface area (TPSA) is 157 Å². The second kappa shape index (κ2) is 15.5. The molecule has 58 heavy (non-hydrogen) atoms. The average Bonchev–Trinajstić information content (AvgIpc) is 3.60. The smallest absolute Gasteiger partial charge is 0.433 e. The van der Waals surface area contributed by atoms with E-state index in [2.05, 4.69) is 15.0 Å². The number of ether oxygens (including phenoxy) is 1. The Bertz CT molecular complexity index is 2380. The number of carbonyl (C=O) groups is 2. The van der Waals surface area contributed by atoms with Gasteiger partial charge in [-0.15, -0.1) is 11.3 Å². The highest BCUT2D eigenvalue weighted by Crippen LogP contribution is 2.41. The zero-order valence-electron chi connectivity index (χ0n) is 30.6. The number of anilines is 1. The van der Waals surface area contributed by atoms with Crippen LogP contribution in [0.3, 0.4) is 0 Å². The van der Waals surface area contributed by atoms with Crippen LogP contribution in [0.25, 0.3) is 10.6 Å². The van der Waals surface area contributed by atoms with Crippen LogP contribution < -0.4 is 16.0 Å². The number of rotatable bonds is 8. The van der Waals surface area contributed by atoms with Gasteiger partial charge >= 0.3 is 6.18 Å². The van der Waals surface area contributed by atoms with E-state index in [0.29, 0.717) is 21.8 Å². The predicted octanol–water partition coefficient (Wildman–Crippen LogP) is 6.15. The van der Waals surface area contributed by atoms with Gasteiger partial charge in [-0.1, -0.05) is 30.3 Å². The van der Waals surface area contributed by atoms with Crippen molar-refractivity contribution in [3.8, 4) is 22.2 Å². The molecule has 5 heterocycles. The molecular weight excluding hydrogens is 793 g/mol. The Morgan fingerprint density at radius 2 is 1.74 bits per heavy atom. The number of hydrogen-bond acceptors (Lipinski definition) is 10. The zero-order valence-corrected chi connectivity index (χ0v) is 31.4. The average molecular weight is 828 g/mol. The fraction of sp³-hybridized carbons (Fsp3) is 0.333. The number of piperidine rings is 2. The molecule has 2 saturated heterocycles. The molecule has 5 aromatic rings. The largest absolute Gasteiger partial charge is 0.437 e. The van der Waals surface area contributed by atoms with Gasteiger partial charge in [-0.2, -0.15) is 13.2 Å². The summed E-state index contributed by atoms with van der Waals surface area (Å²) in [5, 5.41) is 11.6. The third-order valence-corrected chi connectivity index (χ3v) is 11.6. The lowest BCUT2D eigenvalue weighted by atomic mass is 9.78. The fourth-order valence-corrected chi connectivity index (χ4v) is 8.21. The van der Waals surface area contributed by atoms with Crippen molar-refractivity contribution in [2.75, 3.05) is 31.9 Å². The van der Waals surface area contributed by atoms with Crippen molar-refractivity contribution in [3.05, 3.63) is 117 Å². The third kappa shape index (κ3) is 8.00. The molecule has 7 rings (SSSR count). The highest BCUT2D eigenvalue weighted by Gasteiger charge is 2.58. The molecule has 3 N–H and O–H groups in total. The lowest BCUT2D eigenvalue weighted by Gasteiger charge is -2.46. The maximum atomic E-state index is 16.0. The Hall–Kier alpha value is -5.82. The van der Waals surface area contributed by atoms with Crippen LogP contribution in [0.5, 0.6) is 11.6 Å². The number of aryl methyl sites for hydroxylation is 1. The first-order valence-electron chi connectivity index (χ1n) is 18.0. The molecule has 12 nitrogen and oxygen atoms in total. The number of nitrogen functional groups attached to an aromatic ring is 1. The number of hydrogen-bond donors (Lipinski definition) is 2. The molecule has 2 aliphatic rings. The summed E-state index contributed by atoms with van der Waals surface area (Å²) >= 11 is 1.00. The van der Waals surface area contributed by atoms with Crippen LogP contribution in [-0.4, -0.2) is 83.9 Å². The molecule has 0 bridgehead atoms. The van der Waals surface area contributed by atoms with Gasteiger partial charge in [0.15, 0.2) is 5.69 Å². The normalized spacial score (nSPS) is 20.8. The minimum Gasteiger partial charge on any atom is -0.437 e. The lowest BCUT2D eigenvalue weighted by molar-refractivity contribution is -0.223. The molecule has 0 saturated carbocycles. The monoisotopic (exact) mass is 827 g/mol. The van der Waals surface area contributed by atoms with Gasteiger partial charge in [0.1, 0.15) is 39.1 Å². The Morgan fingerprint density at radius 3 is 2.40 bits per heavy atom. The van der Waals surface area contributed by atoms with Crippen molar-refractivity contribution in [2.24, 2.45) is 5.92 Å². The van der Waals surface area contributed by atoms with E-state index in [1.165, 1.54) is 18.2 Å². The molecule has 2 aliphatic heterocycles. The van der Waals surface area contributed by atoms with Gasteiger partial charge in [0.05, 0.1) is 18.8 Å². The summed E-state index contributed by atoms with van der Waals surface area (Å²) in [6.07, 6.45) is -3.14. The van der Waals surface area contributed by atoms with Crippen LogP contribution in [0.2, 0.25) is 0 Å². The maximum Gasteiger partial charge on any atom is 0.433 e. The summed E-state index contributed by atoms with van der Waals surface area (Å²) in [6, 6.07) is 15.7. The molecule has 2 aromatic carbocycles. The van der Waals surface area contributed by atoms with E-state index in [1.54, 1.807) is 42.2 Å². The number of alkyl halides is 5. The van der Waals surface area contributed by atoms with Crippen LogP contribution >= 0.6 is 11.3 Å². The first kappa shape index (κ1) is 40.4. The zero-order chi connectivity index (χ0) is 41.6. The Labute approximate surface area is 330 Å². The van der Waals surface area contributed by atoms with Gasteiger partial charge in [-0.3, -0.25) is 23.9 Å². The van der Waals surface area contributed by atoms with Gasteiger partial charge in [0, 0.05) is 49.7 Å². The second-order valence-corrected chi connectivity index (χ2v) is 15.2. The van der Waals surface area contributed by atoms with Crippen molar-refractivity contribution >= 4 is 28.8 Å². The van der Waals surface area contributed by atoms with Gasteiger partial charge in [0.25, 0.3) is 17.4 Å². The van der Waals surface area contributed by atoms with Crippen molar-refractivity contribution in [3.63, 3.8) is 0 Å². The fourth-order valence-electron chi connectivity index (χ4n) is 7.19. The molecule has 0 spiro atoms. The second-order valence-electron chi connectivity index (χ2n) is 14.2. The van der Waals surface area contributed by atoms with Crippen LogP contribution in [0.4, 0.5) is 32.0 Å². The van der Waals surface area contributed by atoms with Crippen LogP contribution in [-0.2, 0) is 17.5 Å². The number of aliphatic hydroxyl groups is 1. The van der Waals surface area contributed by atoms with Crippen molar-refractivity contribution in [2.45, 2.75) is 49.9 Å². The minimum absolute atomic E-state index is 0.0557. The minimum atomic E-state index is -4.62. The lowest BCUT2D eigenvalue weighted by Crippen LogP contribution is -2.64. The molecule has 3 aromatic heterocycles. The van der Waals surface area contributed by atoms with E-state index in [1.807, 2.05) is 0 Å². The van der Waals surface area contributed by atoms with E-state index in [9.17, 15) is 37.1 Å². The van der Waals surface area contributed by atoms with E-state index in [-0.39, 0.29) is 42.6 Å². The number of amides is 2. The molecule has 2 amide bonds. The van der Waals surface area contributed by atoms with Crippen molar-refractivity contribution < 1.29 is 45.8 Å². The Balaban J connectivity index is 1.05. The summed E-state index contributed by atoms with van der Waals surface area (Å²) in [4.78, 5) is 55.8. The van der Waals surface area contributed by atoms with E-state index < -0.39 is 83.6 Å². The summed E-state index contributed by atoms with van der Waals surface area (Å²) in [7, 11) is 0. The number of thiazole rings is 1. The van der Waals surface area contributed by atoms with Gasteiger partial charge in [-0.05, 0) is 55.3 Å². The first-order valence-corrected chi connectivity index (χ1v) is 18.8. The van der Waals surface area contributed by atoms with Crippen LogP contribution in [0, 0.1) is 18.7 Å². The summed E-state index contributed by atoms with van der Waals surface area (Å²) in [5.41, 5.74) is 1.97. The van der Waals surface area contributed by atoms with Crippen molar-refractivity contribution in [1.29, 1.82) is 0 Å². The molecule has 0 radical (unpaired) electrons. The number of aromatic nitrogens is 4. The molecule has 19 heteroatoms. The number of likely N-dealkylation sites (tertiary alicyclic amines) is 2. The Morgan fingerprint density at radius 1 is 1.02 bits per heavy atom. The predicted molar refractivity (Wildman–Crippen MR) is 199 cm³/mol. The van der Waals surface area contributed by atoms with Crippen molar-refractivity contribution in [1.82, 2.24) is 29.3 Å². The number of halogens is 6. The third-order valence-electron chi connectivity index (χ3n) is 10.4. The molecule has 304 valence electrons. The standard InChI is InChI=1S/C39H35F6N7O5S/c1-22-31(58-33(49-22)24-7-12-29(47-17-24)39(43,44)45)36(55)50-15-13-27(28(18-50)23-5-3-2-4-6-23)34(53)51-16-14-37(56,38(41,42)20-51)19-52-21-48-32(30(46)35(52)54)57-26-10-8-25(40)9-11-26/h2-12,17,21,27-28,56H,13-16,18-20,46H2,1H3/t27-,28+,37+/m1/s1. The number of nitrogens with zero attached hydrogens (tertiary/aromatic N) is 6. The van der Waals surface area contributed by atoms with E-state index >= 15 is 8.78 Å². The SMILES string of the molecule is Cc1nc(-c2ccc(C(F)(F)F)nc2)sc1C(=O)N1CC[C@@H](C(=O)N2CC[C@](O)(Cn3cnc(Oc4ccc(F)cc4)c(N)c3=O)C(F)(F)C2)[C@H](c2ccccc2)C1. The first-order chi connectivity index (χ1) is 27.4.